The molecule has 160 valence electrons. The molecule has 0 aromatic carbocycles. The number of aliphatic hydroxyl groups excluding tert-OH is 1. The molecule has 5 rings (SSSR count). The SMILES string of the molecule is CCOC1OCC2=CC3C(=O)C4(C=C(C)[C@H](O)[C@@]4(O)[C@@H]2O1)[C@H](C)C[C@@H]1[C@H]3C1(C)C. The van der Waals surface area contributed by atoms with E-state index >= 15 is 0 Å². The minimum absolute atomic E-state index is 0.0138. The summed E-state index contributed by atoms with van der Waals surface area (Å²) in [6.45, 7) is 9.84. The van der Waals surface area contributed by atoms with Crippen LogP contribution in [0.4, 0.5) is 0 Å². The van der Waals surface area contributed by atoms with Gasteiger partial charge in [0.15, 0.2) is 5.78 Å². The van der Waals surface area contributed by atoms with E-state index in [0.29, 0.717) is 18.1 Å². The molecule has 1 saturated heterocycles. The van der Waals surface area contributed by atoms with Crippen molar-refractivity contribution >= 4 is 5.78 Å². The molecule has 29 heavy (non-hydrogen) atoms. The summed E-state index contributed by atoms with van der Waals surface area (Å²) < 4.78 is 17.3. The molecule has 1 heterocycles. The van der Waals surface area contributed by atoms with Gasteiger partial charge >= 0.3 is 0 Å². The maximum atomic E-state index is 14.1. The molecule has 3 fully saturated rings. The molecule has 0 radical (unpaired) electrons. The number of carbonyl (C=O) groups is 1. The number of carbonyl (C=O) groups excluding carboxylic acids is 1. The maximum absolute atomic E-state index is 14.1. The third kappa shape index (κ3) is 2.22. The zero-order valence-corrected chi connectivity index (χ0v) is 17.8. The predicted molar refractivity (Wildman–Crippen MR) is 105 cm³/mol. The Hall–Kier alpha value is -1.05. The number of rotatable bonds is 2. The second kappa shape index (κ2) is 6.01. The van der Waals surface area contributed by atoms with Gasteiger partial charge in [0.2, 0.25) is 0 Å². The van der Waals surface area contributed by atoms with E-state index < -0.39 is 29.7 Å². The minimum Gasteiger partial charge on any atom is -0.386 e. The van der Waals surface area contributed by atoms with Crippen LogP contribution in [0.15, 0.2) is 23.3 Å². The predicted octanol–water partition coefficient (Wildman–Crippen LogP) is 2.20. The summed E-state index contributed by atoms with van der Waals surface area (Å²) in [6, 6.07) is 0. The lowest BCUT2D eigenvalue weighted by Gasteiger charge is -2.50. The van der Waals surface area contributed by atoms with Gasteiger partial charge in [-0.25, -0.2) is 0 Å². The highest BCUT2D eigenvalue weighted by atomic mass is 16.9. The van der Waals surface area contributed by atoms with Crippen LogP contribution >= 0.6 is 0 Å². The fourth-order valence-corrected chi connectivity index (χ4v) is 7.12. The highest BCUT2D eigenvalue weighted by Crippen LogP contribution is 2.71. The smallest absolute Gasteiger partial charge is 0.272 e. The van der Waals surface area contributed by atoms with Crippen molar-refractivity contribution in [2.45, 2.75) is 65.3 Å². The molecule has 0 aromatic heterocycles. The van der Waals surface area contributed by atoms with Crippen LogP contribution in [-0.4, -0.2) is 53.5 Å². The minimum atomic E-state index is -1.77. The number of ether oxygens (including phenoxy) is 3. The van der Waals surface area contributed by atoms with E-state index in [-0.39, 0.29) is 35.6 Å². The first kappa shape index (κ1) is 19.9. The lowest BCUT2D eigenvalue weighted by molar-refractivity contribution is -0.344. The Morgan fingerprint density at radius 3 is 2.76 bits per heavy atom. The first-order valence-corrected chi connectivity index (χ1v) is 10.8. The summed E-state index contributed by atoms with van der Waals surface area (Å²) in [5, 5.41) is 23.4. The molecule has 1 aliphatic heterocycles. The molecule has 0 amide bonds. The van der Waals surface area contributed by atoms with Crippen molar-refractivity contribution in [2.75, 3.05) is 13.2 Å². The van der Waals surface area contributed by atoms with Crippen LogP contribution in [0.2, 0.25) is 0 Å². The number of aliphatic hydroxyl groups is 2. The van der Waals surface area contributed by atoms with E-state index in [4.69, 9.17) is 14.2 Å². The van der Waals surface area contributed by atoms with Crippen molar-refractivity contribution in [1.82, 2.24) is 0 Å². The van der Waals surface area contributed by atoms with E-state index in [1.54, 1.807) is 6.92 Å². The first-order chi connectivity index (χ1) is 13.6. The average Bonchev–Trinajstić information content (AvgIpc) is 3.17. The Kier molecular flexibility index (Phi) is 4.12. The molecule has 1 spiro atoms. The Labute approximate surface area is 171 Å². The molecule has 3 unspecified atom stereocenters. The van der Waals surface area contributed by atoms with Crippen LogP contribution in [0.1, 0.15) is 41.0 Å². The van der Waals surface area contributed by atoms with Gasteiger partial charge in [-0.15, -0.1) is 0 Å². The van der Waals surface area contributed by atoms with Gasteiger partial charge in [0.1, 0.15) is 17.8 Å². The summed E-state index contributed by atoms with van der Waals surface area (Å²) >= 11 is 0. The number of ketones is 1. The Morgan fingerprint density at radius 1 is 1.34 bits per heavy atom. The van der Waals surface area contributed by atoms with Gasteiger partial charge in [-0.05, 0) is 54.6 Å². The van der Waals surface area contributed by atoms with Crippen molar-refractivity contribution in [3.05, 3.63) is 23.3 Å². The zero-order chi connectivity index (χ0) is 20.9. The number of fused-ring (bicyclic) bond motifs is 5. The van der Waals surface area contributed by atoms with E-state index in [0.717, 1.165) is 12.0 Å². The molecule has 6 heteroatoms. The standard InChI is InChI=1S/C23H32O6/c1-6-27-20-28-10-13-8-14-16-15(21(16,4)5)7-12(3)22(18(14)25)9-11(2)17(24)23(22,26)19(13)29-20/h8-9,12,14-17,19-20,24,26H,6-7,10H2,1-5H3/t12-,14?,15-,16+,17+,19-,20?,22?,23-/m1/s1. The summed E-state index contributed by atoms with van der Waals surface area (Å²) in [5.41, 5.74) is -1.49. The van der Waals surface area contributed by atoms with Crippen molar-refractivity contribution in [2.24, 2.45) is 34.5 Å². The van der Waals surface area contributed by atoms with Crippen molar-refractivity contribution in [1.29, 1.82) is 0 Å². The number of hydrogen-bond donors (Lipinski definition) is 2. The van der Waals surface area contributed by atoms with Crippen LogP contribution in [-0.2, 0) is 19.0 Å². The normalized spacial score (nSPS) is 52.4. The van der Waals surface area contributed by atoms with Gasteiger partial charge in [-0.3, -0.25) is 4.79 Å². The molecule has 4 aliphatic carbocycles. The molecule has 2 bridgehead atoms. The van der Waals surface area contributed by atoms with Crippen LogP contribution in [0.3, 0.4) is 0 Å². The van der Waals surface area contributed by atoms with Crippen LogP contribution in [0.25, 0.3) is 0 Å². The van der Waals surface area contributed by atoms with Crippen molar-refractivity contribution < 1.29 is 29.2 Å². The van der Waals surface area contributed by atoms with E-state index in [9.17, 15) is 15.0 Å². The third-order valence-corrected chi connectivity index (χ3v) is 8.65. The molecular weight excluding hydrogens is 372 g/mol. The van der Waals surface area contributed by atoms with Gasteiger partial charge in [-0.1, -0.05) is 32.9 Å². The van der Waals surface area contributed by atoms with Gasteiger partial charge in [0, 0.05) is 12.5 Å². The van der Waals surface area contributed by atoms with Crippen molar-refractivity contribution in [3.8, 4) is 0 Å². The molecule has 2 N–H and O–H groups in total. The highest BCUT2D eigenvalue weighted by Gasteiger charge is 2.76. The zero-order valence-electron chi connectivity index (χ0n) is 17.8. The second-order valence-corrected chi connectivity index (χ2v) is 10.3. The summed E-state index contributed by atoms with van der Waals surface area (Å²) in [4.78, 5) is 14.1. The quantitative estimate of drug-likeness (QED) is 0.687. The summed E-state index contributed by atoms with van der Waals surface area (Å²) in [7, 11) is 0. The van der Waals surface area contributed by atoms with Gasteiger partial charge < -0.3 is 24.4 Å². The van der Waals surface area contributed by atoms with Gasteiger partial charge in [0.05, 0.1) is 12.0 Å². The Morgan fingerprint density at radius 2 is 2.07 bits per heavy atom. The Bertz CT molecular complexity index is 814. The van der Waals surface area contributed by atoms with Gasteiger partial charge in [0.25, 0.3) is 6.48 Å². The molecule has 6 nitrogen and oxygen atoms in total. The van der Waals surface area contributed by atoms with Crippen LogP contribution < -0.4 is 0 Å². The monoisotopic (exact) mass is 404 g/mol. The molecule has 9 atom stereocenters. The van der Waals surface area contributed by atoms with Gasteiger partial charge in [-0.2, -0.15) is 0 Å². The summed E-state index contributed by atoms with van der Waals surface area (Å²) in [6.07, 6.45) is 2.64. The van der Waals surface area contributed by atoms with E-state index in [1.807, 2.05) is 26.0 Å². The molecule has 5 aliphatic rings. The van der Waals surface area contributed by atoms with Crippen LogP contribution in [0.5, 0.6) is 0 Å². The second-order valence-electron chi connectivity index (χ2n) is 10.3. The fourth-order valence-electron chi connectivity index (χ4n) is 7.12. The third-order valence-electron chi connectivity index (χ3n) is 8.65. The van der Waals surface area contributed by atoms with Crippen LogP contribution in [0, 0.1) is 34.5 Å². The first-order valence-electron chi connectivity index (χ1n) is 10.8. The average molecular weight is 405 g/mol. The fraction of sp³-hybridized carbons (Fsp3) is 0.783. The van der Waals surface area contributed by atoms with E-state index in [2.05, 4.69) is 13.8 Å². The number of hydrogen-bond acceptors (Lipinski definition) is 6. The lowest BCUT2D eigenvalue weighted by Crippen LogP contribution is -2.67. The molecule has 0 aromatic rings. The molecule has 2 saturated carbocycles. The topological polar surface area (TPSA) is 85.2 Å². The van der Waals surface area contributed by atoms with E-state index in [1.165, 1.54) is 0 Å². The van der Waals surface area contributed by atoms with Crippen molar-refractivity contribution in [3.63, 3.8) is 0 Å². The number of allylic oxidation sites excluding steroid dienone is 1. The highest BCUT2D eigenvalue weighted by molar-refractivity contribution is 5.95. The maximum Gasteiger partial charge on any atom is 0.272 e. The summed E-state index contributed by atoms with van der Waals surface area (Å²) in [5.74, 6) is 0.257. The lowest BCUT2D eigenvalue weighted by atomic mass is 9.59. The number of Topliss-reactive ketones (excluding diaryl/α,β-unsaturated/α-hetero) is 1. The largest absolute Gasteiger partial charge is 0.386 e. The Balaban J connectivity index is 1.71. The molecular formula is C23H32O6.